The second kappa shape index (κ2) is 6.05. The van der Waals surface area contributed by atoms with E-state index in [0.717, 1.165) is 0 Å². The highest BCUT2D eigenvalue weighted by molar-refractivity contribution is 6.01. The number of aromatic amines is 1. The number of H-pyrrole nitrogens is 1. The van der Waals surface area contributed by atoms with Gasteiger partial charge in [0, 0.05) is 11.8 Å². The van der Waals surface area contributed by atoms with Crippen molar-refractivity contribution in [2.24, 2.45) is 5.92 Å². The molecule has 1 amide bonds. The molecule has 2 aromatic rings. The summed E-state index contributed by atoms with van der Waals surface area (Å²) in [7, 11) is 0. The minimum absolute atomic E-state index is 0.0316. The van der Waals surface area contributed by atoms with Crippen molar-refractivity contribution in [3.63, 3.8) is 0 Å². The molecule has 0 aliphatic carbocycles. The number of hydrogen-bond acceptors (Lipinski definition) is 5. The minimum atomic E-state index is -0.407. The maximum atomic E-state index is 11.9. The monoisotopic (exact) mass is 275 g/mol. The van der Waals surface area contributed by atoms with Crippen LogP contribution in [0.15, 0.2) is 24.3 Å². The number of aromatic nitrogens is 3. The SMILES string of the molecule is CC(C)COc1cccc(NC(=O)c2nc(N)n[nH]2)c1. The Hall–Kier alpha value is -2.57. The second-order valence-corrected chi connectivity index (χ2v) is 4.73. The first-order chi connectivity index (χ1) is 9.54. The van der Waals surface area contributed by atoms with Crippen molar-refractivity contribution < 1.29 is 9.53 Å². The van der Waals surface area contributed by atoms with E-state index in [1.54, 1.807) is 18.2 Å². The number of rotatable bonds is 5. The maximum absolute atomic E-state index is 11.9. The lowest BCUT2D eigenvalue weighted by Crippen LogP contribution is -2.14. The molecule has 0 unspecified atom stereocenters. The number of nitrogens with zero attached hydrogens (tertiary/aromatic N) is 2. The first-order valence-electron chi connectivity index (χ1n) is 6.26. The van der Waals surface area contributed by atoms with Gasteiger partial charge >= 0.3 is 0 Å². The molecule has 7 heteroatoms. The fourth-order valence-corrected chi connectivity index (χ4v) is 1.49. The summed E-state index contributed by atoms with van der Waals surface area (Å²) in [5.74, 6) is 0.828. The number of carbonyl (C=O) groups is 1. The molecule has 0 saturated carbocycles. The van der Waals surface area contributed by atoms with Gasteiger partial charge in [-0.2, -0.15) is 4.98 Å². The highest BCUT2D eigenvalue weighted by atomic mass is 16.5. The Balaban J connectivity index is 2.02. The van der Waals surface area contributed by atoms with Crippen LogP contribution in [0.1, 0.15) is 24.5 Å². The van der Waals surface area contributed by atoms with Crippen LogP contribution in [-0.2, 0) is 0 Å². The highest BCUT2D eigenvalue weighted by Crippen LogP contribution is 2.18. The zero-order valence-electron chi connectivity index (χ0n) is 11.4. The van der Waals surface area contributed by atoms with Crippen LogP contribution in [0.5, 0.6) is 5.75 Å². The lowest BCUT2D eigenvalue weighted by Gasteiger charge is -2.10. The van der Waals surface area contributed by atoms with E-state index >= 15 is 0 Å². The van der Waals surface area contributed by atoms with Gasteiger partial charge in [-0.1, -0.05) is 19.9 Å². The quantitative estimate of drug-likeness (QED) is 0.769. The van der Waals surface area contributed by atoms with E-state index in [2.05, 4.69) is 34.3 Å². The fraction of sp³-hybridized carbons (Fsp3) is 0.308. The zero-order valence-corrected chi connectivity index (χ0v) is 11.4. The predicted octanol–water partition coefficient (Wildman–Crippen LogP) is 1.67. The van der Waals surface area contributed by atoms with Crippen molar-refractivity contribution >= 4 is 17.5 Å². The van der Waals surface area contributed by atoms with Crippen molar-refractivity contribution in [1.82, 2.24) is 15.2 Å². The topological polar surface area (TPSA) is 106 Å². The van der Waals surface area contributed by atoms with Gasteiger partial charge in [-0.15, -0.1) is 5.10 Å². The van der Waals surface area contributed by atoms with Crippen LogP contribution in [0.3, 0.4) is 0 Å². The van der Waals surface area contributed by atoms with Crippen LogP contribution < -0.4 is 15.8 Å². The van der Waals surface area contributed by atoms with E-state index in [4.69, 9.17) is 10.5 Å². The molecular weight excluding hydrogens is 258 g/mol. The molecular formula is C13H17N5O2. The van der Waals surface area contributed by atoms with Gasteiger partial charge in [0.05, 0.1) is 6.61 Å². The number of amides is 1. The van der Waals surface area contributed by atoms with E-state index in [-0.39, 0.29) is 11.8 Å². The Morgan fingerprint density at radius 3 is 2.95 bits per heavy atom. The van der Waals surface area contributed by atoms with Gasteiger partial charge in [0.2, 0.25) is 11.8 Å². The van der Waals surface area contributed by atoms with Crippen molar-refractivity contribution in [2.75, 3.05) is 17.7 Å². The third-order valence-electron chi connectivity index (χ3n) is 2.39. The van der Waals surface area contributed by atoms with Gasteiger partial charge in [-0.3, -0.25) is 9.89 Å². The summed E-state index contributed by atoms with van der Waals surface area (Å²) in [5.41, 5.74) is 5.97. The summed E-state index contributed by atoms with van der Waals surface area (Å²) < 4.78 is 5.59. The van der Waals surface area contributed by atoms with E-state index < -0.39 is 5.91 Å². The summed E-state index contributed by atoms with van der Waals surface area (Å²) in [5, 5.41) is 8.74. The number of anilines is 2. The van der Waals surface area contributed by atoms with E-state index in [1.165, 1.54) is 0 Å². The number of carbonyl (C=O) groups excluding carboxylic acids is 1. The fourth-order valence-electron chi connectivity index (χ4n) is 1.49. The average Bonchev–Trinajstić information content (AvgIpc) is 2.84. The van der Waals surface area contributed by atoms with Crippen LogP contribution >= 0.6 is 0 Å². The molecule has 0 aliphatic rings. The van der Waals surface area contributed by atoms with Crippen molar-refractivity contribution in [3.05, 3.63) is 30.1 Å². The third kappa shape index (κ3) is 3.71. The number of hydrogen-bond donors (Lipinski definition) is 3. The maximum Gasteiger partial charge on any atom is 0.293 e. The standard InChI is InChI=1S/C13H17N5O2/c1-8(2)7-20-10-5-3-4-9(6-10)15-12(19)11-16-13(14)18-17-11/h3-6,8H,7H2,1-2H3,(H,15,19)(H3,14,16,17,18). The lowest BCUT2D eigenvalue weighted by molar-refractivity contribution is 0.101. The van der Waals surface area contributed by atoms with Crippen molar-refractivity contribution in [3.8, 4) is 5.75 Å². The van der Waals surface area contributed by atoms with Crippen LogP contribution in [0.4, 0.5) is 11.6 Å². The Kier molecular flexibility index (Phi) is 4.19. The molecule has 0 fully saturated rings. The normalized spacial score (nSPS) is 10.6. The number of ether oxygens (including phenoxy) is 1. The number of nitrogens with two attached hydrogens (primary N) is 1. The smallest absolute Gasteiger partial charge is 0.293 e. The molecule has 0 bridgehead atoms. The van der Waals surface area contributed by atoms with Crippen LogP contribution in [0.25, 0.3) is 0 Å². The molecule has 0 aliphatic heterocycles. The molecule has 0 radical (unpaired) electrons. The Morgan fingerprint density at radius 1 is 1.50 bits per heavy atom. The summed E-state index contributed by atoms with van der Waals surface area (Å²) in [6, 6.07) is 7.16. The Labute approximate surface area is 116 Å². The number of benzene rings is 1. The Bertz CT molecular complexity index is 594. The molecule has 4 N–H and O–H groups in total. The van der Waals surface area contributed by atoms with E-state index in [0.29, 0.717) is 24.0 Å². The van der Waals surface area contributed by atoms with Crippen LogP contribution in [0, 0.1) is 5.92 Å². The first-order valence-corrected chi connectivity index (χ1v) is 6.26. The molecule has 0 spiro atoms. The molecule has 7 nitrogen and oxygen atoms in total. The van der Waals surface area contributed by atoms with Gasteiger partial charge in [0.1, 0.15) is 5.75 Å². The molecule has 106 valence electrons. The second-order valence-electron chi connectivity index (χ2n) is 4.73. The predicted molar refractivity (Wildman–Crippen MR) is 75.5 cm³/mol. The van der Waals surface area contributed by atoms with E-state index in [1.807, 2.05) is 6.07 Å². The van der Waals surface area contributed by atoms with Crippen molar-refractivity contribution in [1.29, 1.82) is 0 Å². The molecule has 0 atom stereocenters. The zero-order chi connectivity index (χ0) is 14.5. The van der Waals surface area contributed by atoms with Gasteiger partial charge < -0.3 is 15.8 Å². The molecule has 1 heterocycles. The van der Waals surface area contributed by atoms with Gasteiger partial charge in [0.15, 0.2) is 0 Å². The molecule has 1 aromatic carbocycles. The minimum Gasteiger partial charge on any atom is -0.493 e. The molecule has 20 heavy (non-hydrogen) atoms. The van der Waals surface area contributed by atoms with Crippen LogP contribution in [0.2, 0.25) is 0 Å². The molecule has 0 saturated heterocycles. The first kappa shape index (κ1) is 13.9. The van der Waals surface area contributed by atoms with Crippen LogP contribution in [-0.4, -0.2) is 27.7 Å². The van der Waals surface area contributed by atoms with E-state index in [9.17, 15) is 4.79 Å². The Morgan fingerprint density at radius 2 is 2.30 bits per heavy atom. The summed E-state index contributed by atoms with van der Waals surface area (Å²) in [4.78, 5) is 15.6. The third-order valence-corrected chi connectivity index (χ3v) is 2.39. The van der Waals surface area contributed by atoms with Crippen molar-refractivity contribution in [2.45, 2.75) is 13.8 Å². The van der Waals surface area contributed by atoms with Gasteiger partial charge in [-0.05, 0) is 18.1 Å². The largest absolute Gasteiger partial charge is 0.493 e. The lowest BCUT2D eigenvalue weighted by atomic mass is 10.2. The molecule has 1 aromatic heterocycles. The average molecular weight is 275 g/mol. The number of nitrogen functional groups attached to an aromatic ring is 1. The summed E-state index contributed by atoms with van der Waals surface area (Å²) in [6.07, 6.45) is 0. The van der Waals surface area contributed by atoms with Gasteiger partial charge in [0.25, 0.3) is 5.91 Å². The summed E-state index contributed by atoms with van der Waals surface area (Å²) in [6.45, 7) is 4.76. The van der Waals surface area contributed by atoms with Gasteiger partial charge in [-0.25, -0.2) is 0 Å². The molecule has 2 rings (SSSR count). The highest BCUT2D eigenvalue weighted by Gasteiger charge is 2.11. The number of nitrogens with one attached hydrogen (secondary N) is 2. The summed E-state index contributed by atoms with van der Waals surface area (Å²) >= 11 is 0.